The predicted molar refractivity (Wildman–Crippen MR) is 428 cm³/mol. The summed E-state index contributed by atoms with van der Waals surface area (Å²) in [5.74, 6) is -2.03. The number of ether oxygens (including phenoxy) is 4. The fourth-order valence-electron chi connectivity index (χ4n) is 10.9. The van der Waals surface area contributed by atoms with Crippen LogP contribution in [-0.2, 0) is 33.3 Å². The van der Waals surface area contributed by atoms with Crippen molar-refractivity contribution in [3.05, 3.63) is 170 Å². The molecule has 0 rings (SSSR count). The Balaban J connectivity index is 4.09. The molecule has 9 nitrogen and oxygen atoms in total. The SMILES string of the molecule is CC/C=C\C/C=C\C/C=C\C/C=C\C/C=C\C/C=C\C/C=C\C/C=C\C/C=C\C/C=C\CCCCCCCCC(=O)OC(COC(=O)CCCCCCCCCCCCCCCCCCCCCCCCCC/C=C\C/C=C\C/C=C\C/C=C\CC)COC(OCC[N+](C)(C)C)C(=O)O. The van der Waals surface area contributed by atoms with Crippen LogP contribution >= 0.6 is 0 Å². The van der Waals surface area contributed by atoms with Gasteiger partial charge in [0.25, 0.3) is 6.29 Å². The van der Waals surface area contributed by atoms with Crippen molar-refractivity contribution in [2.24, 2.45) is 0 Å². The molecule has 0 amide bonds. The lowest BCUT2D eigenvalue weighted by Gasteiger charge is -2.25. The average molecular weight is 1370 g/mol. The maximum Gasteiger partial charge on any atom is 0.361 e. The zero-order valence-corrected chi connectivity index (χ0v) is 64.3. The first-order valence-electron chi connectivity index (χ1n) is 40.3. The van der Waals surface area contributed by atoms with Gasteiger partial charge in [0, 0.05) is 12.8 Å². The van der Waals surface area contributed by atoms with E-state index in [1.54, 1.807) is 0 Å². The first-order valence-corrected chi connectivity index (χ1v) is 40.3. The van der Waals surface area contributed by atoms with Crippen LogP contribution in [0.4, 0.5) is 0 Å². The Labute approximate surface area is 609 Å². The van der Waals surface area contributed by atoms with Gasteiger partial charge in [-0.1, -0.05) is 351 Å². The first-order chi connectivity index (χ1) is 48.6. The molecule has 1 N–H and O–H groups in total. The quantitative estimate of drug-likeness (QED) is 0.0211. The zero-order valence-electron chi connectivity index (χ0n) is 64.3. The van der Waals surface area contributed by atoms with Crippen molar-refractivity contribution in [3.8, 4) is 0 Å². The van der Waals surface area contributed by atoms with Crippen LogP contribution in [0.3, 0.4) is 0 Å². The second kappa shape index (κ2) is 78.4. The van der Waals surface area contributed by atoms with E-state index >= 15 is 0 Å². The minimum Gasteiger partial charge on any atom is -0.477 e. The molecule has 0 aliphatic carbocycles. The number of carboxylic acid groups (broad SMARTS) is 1. The summed E-state index contributed by atoms with van der Waals surface area (Å²) in [6, 6.07) is 0. The molecular formula is C90H150NO8+. The Hall–Kier alpha value is -5.35. The number of carboxylic acids is 1. The minimum atomic E-state index is -1.52. The smallest absolute Gasteiger partial charge is 0.361 e. The summed E-state index contributed by atoms with van der Waals surface area (Å²) in [7, 11) is 5.97. The summed E-state index contributed by atoms with van der Waals surface area (Å²) in [5, 5.41) is 9.78. The molecule has 0 spiro atoms. The number of carbonyl (C=O) groups is 3. The third kappa shape index (κ3) is 79.8. The van der Waals surface area contributed by atoms with Crippen molar-refractivity contribution in [2.75, 3.05) is 47.5 Å². The second-order valence-electron chi connectivity index (χ2n) is 27.6. The molecule has 0 radical (unpaired) electrons. The summed E-state index contributed by atoms with van der Waals surface area (Å²) >= 11 is 0. The summed E-state index contributed by atoms with van der Waals surface area (Å²) in [6.45, 7) is 4.65. The minimum absolute atomic E-state index is 0.178. The molecule has 2 unspecified atom stereocenters. The molecule has 0 saturated heterocycles. The number of hydrogen-bond donors (Lipinski definition) is 1. The van der Waals surface area contributed by atoms with Crippen molar-refractivity contribution in [2.45, 2.75) is 334 Å². The highest BCUT2D eigenvalue weighted by molar-refractivity contribution is 5.71. The van der Waals surface area contributed by atoms with E-state index < -0.39 is 24.3 Å². The number of carbonyl (C=O) groups excluding carboxylic acids is 2. The summed E-state index contributed by atoms with van der Waals surface area (Å²) in [6.07, 6.45) is 115. The van der Waals surface area contributed by atoms with Crippen LogP contribution in [-0.4, -0.2) is 87.4 Å². The fourth-order valence-corrected chi connectivity index (χ4v) is 10.9. The zero-order chi connectivity index (χ0) is 71.8. The Morgan fingerprint density at radius 2 is 0.545 bits per heavy atom. The lowest BCUT2D eigenvalue weighted by atomic mass is 10.0. The number of rotatable bonds is 73. The maximum atomic E-state index is 13.0. The van der Waals surface area contributed by atoms with Crippen LogP contribution in [0, 0.1) is 0 Å². The highest BCUT2D eigenvalue weighted by Gasteiger charge is 2.25. The highest BCUT2D eigenvalue weighted by atomic mass is 16.7. The Kier molecular flexibility index (Phi) is 74.1. The lowest BCUT2D eigenvalue weighted by molar-refractivity contribution is -0.870. The van der Waals surface area contributed by atoms with Crippen LogP contribution in [0.1, 0.15) is 322 Å². The average Bonchev–Trinajstić information content (AvgIpc) is 2.19. The van der Waals surface area contributed by atoms with E-state index in [0.29, 0.717) is 23.9 Å². The molecule has 0 fully saturated rings. The number of hydrogen-bond acceptors (Lipinski definition) is 7. The van der Waals surface area contributed by atoms with Gasteiger partial charge in [0.2, 0.25) is 0 Å². The largest absolute Gasteiger partial charge is 0.477 e. The second-order valence-corrected chi connectivity index (χ2v) is 27.6. The molecule has 562 valence electrons. The van der Waals surface area contributed by atoms with Gasteiger partial charge < -0.3 is 28.5 Å². The molecule has 0 heterocycles. The van der Waals surface area contributed by atoms with Gasteiger partial charge in [0.1, 0.15) is 13.2 Å². The molecular weight excluding hydrogens is 1220 g/mol. The van der Waals surface area contributed by atoms with Crippen molar-refractivity contribution in [1.82, 2.24) is 0 Å². The number of quaternary nitrogens is 1. The number of nitrogens with zero attached hydrogens (tertiary/aromatic N) is 1. The molecule has 0 aliphatic heterocycles. The van der Waals surface area contributed by atoms with Crippen LogP contribution in [0.15, 0.2) is 170 Å². The van der Waals surface area contributed by atoms with Gasteiger partial charge in [0.15, 0.2) is 6.10 Å². The van der Waals surface area contributed by atoms with Crippen molar-refractivity contribution in [3.63, 3.8) is 0 Å². The standard InChI is InChI=1S/C90H149NO8/c1-6-8-10-12-14-16-18-20-22-24-26-28-30-32-34-36-38-40-42-44-46-48-50-52-54-56-58-60-62-64-66-68-70-72-74-76-78-80-87(92)97-84-86(85-98-90(89(94)95)96-83-82-91(3,4)5)99-88(93)81-79-77-75-73-71-69-67-65-63-61-59-57-55-53-51-49-47-45-43-41-39-37-35-33-31-29-27-25-23-21-19-17-15-13-11-9-7-2/h8-11,14-17,20-23,26-29,33,35,39,41,45,47,51,53,57,59,63,65,86,90H,6-7,12-13,18-19,24-25,30-32,34,36-38,40,42-44,46,48-50,52,54-56,58,60-62,64,66-85H2,1-5H3/p+1/b10-8-,11-9-,16-14-,17-15-,22-20-,23-21-,28-26-,29-27-,35-33-,41-39-,47-45-,53-51-,59-57-,65-63-. The summed E-state index contributed by atoms with van der Waals surface area (Å²) in [5.41, 5.74) is 0. The Morgan fingerprint density at radius 3 is 0.808 bits per heavy atom. The van der Waals surface area contributed by atoms with E-state index in [2.05, 4.69) is 184 Å². The van der Waals surface area contributed by atoms with Crippen molar-refractivity contribution in [1.29, 1.82) is 0 Å². The Bertz CT molecular complexity index is 2240. The molecule has 0 aliphatic rings. The van der Waals surface area contributed by atoms with Crippen LogP contribution < -0.4 is 0 Å². The number of likely N-dealkylation sites (N-methyl/N-ethyl adjacent to an activating group) is 1. The molecule has 0 bridgehead atoms. The van der Waals surface area contributed by atoms with E-state index in [1.165, 1.54) is 141 Å². The number of aliphatic carboxylic acids is 1. The third-order valence-corrected chi connectivity index (χ3v) is 17.0. The number of unbranched alkanes of at least 4 members (excludes halogenated alkanes) is 30. The van der Waals surface area contributed by atoms with E-state index in [9.17, 15) is 19.5 Å². The normalized spacial score (nSPS) is 13.6. The molecule has 2 atom stereocenters. The van der Waals surface area contributed by atoms with Gasteiger partial charge in [-0.3, -0.25) is 9.59 Å². The van der Waals surface area contributed by atoms with Crippen molar-refractivity contribution >= 4 is 17.9 Å². The number of esters is 2. The monoisotopic (exact) mass is 1370 g/mol. The molecule has 0 aromatic rings. The van der Waals surface area contributed by atoms with Crippen LogP contribution in [0.25, 0.3) is 0 Å². The first kappa shape index (κ1) is 93.6. The molecule has 9 heteroatoms. The van der Waals surface area contributed by atoms with Gasteiger partial charge in [0.05, 0.1) is 34.4 Å². The predicted octanol–water partition coefficient (Wildman–Crippen LogP) is 26.1. The highest BCUT2D eigenvalue weighted by Crippen LogP contribution is 2.18. The van der Waals surface area contributed by atoms with Gasteiger partial charge >= 0.3 is 17.9 Å². The van der Waals surface area contributed by atoms with Gasteiger partial charge in [-0.15, -0.1) is 0 Å². The number of allylic oxidation sites excluding steroid dienone is 28. The van der Waals surface area contributed by atoms with Gasteiger partial charge in [-0.25, -0.2) is 4.79 Å². The summed E-state index contributed by atoms with van der Waals surface area (Å²) in [4.78, 5) is 37.8. The van der Waals surface area contributed by atoms with E-state index in [4.69, 9.17) is 18.9 Å². The van der Waals surface area contributed by atoms with Gasteiger partial charge in [-0.05, 0) is 128 Å². The molecule has 99 heavy (non-hydrogen) atoms. The van der Waals surface area contributed by atoms with E-state index in [1.807, 2.05) is 21.1 Å². The van der Waals surface area contributed by atoms with Crippen molar-refractivity contribution < 1.29 is 42.9 Å². The molecule has 0 saturated carbocycles. The third-order valence-electron chi connectivity index (χ3n) is 17.0. The van der Waals surface area contributed by atoms with Gasteiger partial charge in [-0.2, -0.15) is 0 Å². The van der Waals surface area contributed by atoms with E-state index in [0.717, 1.165) is 148 Å². The lowest BCUT2D eigenvalue weighted by Crippen LogP contribution is -2.40. The fraction of sp³-hybridized carbons (Fsp3) is 0.656. The van der Waals surface area contributed by atoms with Crippen LogP contribution in [0.5, 0.6) is 0 Å². The topological polar surface area (TPSA) is 108 Å². The van der Waals surface area contributed by atoms with Crippen LogP contribution in [0.2, 0.25) is 0 Å². The summed E-state index contributed by atoms with van der Waals surface area (Å²) < 4.78 is 23.0. The maximum absolute atomic E-state index is 13.0. The van der Waals surface area contributed by atoms with E-state index in [-0.39, 0.29) is 32.2 Å². The Morgan fingerprint density at radius 1 is 0.303 bits per heavy atom. The molecule has 0 aromatic heterocycles. The molecule has 0 aromatic carbocycles.